The minimum absolute atomic E-state index is 0.00650. The summed E-state index contributed by atoms with van der Waals surface area (Å²) in [5, 5.41) is 11.0. The zero-order valence-electron chi connectivity index (χ0n) is 11.6. The molecule has 106 valence electrons. The van der Waals surface area contributed by atoms with E-state index in [0.717, 1.165) is 18.4 Å². The fraction of sp³-hybridized carbons (Fsp3) is 0.571. The maximum atomic E-state index is 11.0. The van der Waals surface area contributed by atoms with Crippen LogP contribution in [0.15, 0.2) is 18.2 Å². The third-order valence-electron chi connectivity index (χ3n) is 3.10. The molecule has 0 aromatic heterocycles. The van der Waals surface area contributed by atoms with Crippen LogP contribution in [0.1, 0.15) is 45.1 Å². The van der Waals surface area contributed by atoms with Gasteiger partial charge in [-0.2, -0.15) is 0 Å². The van der Waals surface area contributed by atoms with E-state index in [1.165, 1.54) is 6.07 Å². The maximum absolute atomic E-state index is 11.0. The van der Waals surface area contributed by atoms with E-state index in [4.69, 9.17) is 16.3 Å². The van der Waals surface area contributed by atoms with E-state index in [-0.39, 0.29) is 17.0 Å². The fourth-order valence-electron chi connectivity index (χ4n) is 1.85. The second-order valence-electron chi connectivity index (χ2n) is 4.55. The van der Waals surface area contributed by atoms with Crippen LogP contribution in [-0.2, 0) is 0 Å². The zero-order chi connectivity index (χ0) is 14.4. The number of nitro benzene ring substituents is 1. The number of hydrogen-bond donors (Lipinski definition) is 0. The lowest BCUT2D eigenvalue weighted by Gasteiger charge is -2.17. The number of hydrogen-bond acceptors (Lipinski definition) is 3. The summed E-state index contributed by atoms with van der Waals surface area (Å²) in [7, 11) is 0. The Kier molecular flexibility index (Phi) is 6.09. The normalized spacial score (nSPS) is 13.9. The molecule has 0 fully saturated rings. The van der Waals surface area contributed by atoms with Gasteiger partial charge in [-0.15, -0.1) is 11.6 Å². The van der Waals surface area contributed by atoms with Crippen LogP contribution in [-0.4, -0.2) is 16.9 Å². The first-order valence-corrected chi connectivity index (χ1v) is 7.00. The summed E-state index contributed by atoms with van der Waals surface area (Å²) in [6.45, 7) is 6.47. The van der Waals surface area contributed by atoms with Gasteiger partial charge in [0.2, 0.25) is 0 Å². The van der Waals surface area contributed by atoms with Crippen molar-refractivity contribution in [3.63, 3.8) is 0 Å². The number of benzene rings is 1. The average molecular weight is 286 g/mol. The highest BCUT2D eigenvalue weighted by Gasteiger charge is 2.20. The third kappa shape index (κ3) is 4.10. The molecule has 0 radical (unpaired) electrons. The summed E-state index contributed by atoms with van der Waals surface area (Å²) < 4.78 is 5.47. The Morgan fingerprint density at radius 2 is 2.11 bits per heavy atom. The van der Waals surface area contributed by atoms with Crippen LogP contribution in [0.25, 0.3) is 0 Å². The molecule has 19 heavy (non-hydrogen) atoms. The number of nitrogens with zero attached hydrogens (tertiary/aromatic N) is 1. The number of rotatable bonds is 7. The highest BCUT2D eigenvalue weighted by atomic mass is 35.5. The summed E-state index contributed by atoms with van der Waals surface area (Å²) in [6.07, 6.45) is 1.66. The van der Waals surface area contributed by atoms with Crippen molar-refractivity contribution < 1.29 is 9.66 Å². The Morgan fingerprint density at radius 1 is 1.42 bits per heavy atom. The van der Waals surface area contributed by atoms with Gasteiger partial charge in [0.05, 0.1) is 11.5 Å². The monoisotopic (exact) mass is 285 g/mol. The predicted octanol–water partition coefficient (Wildman–Crippen LogP) is 4.50. The summed E-state index contributed by atoms with van der Waals surface area (Å²) in [4.78, 5) is 10.5. The first kappa shape index (κ1) is 15.8. The lowest BCUT2D eigenvalue weighted by molar-refractivity contribution is -0.385. The Morgan fingerprint density at radius 3 is 2.63 bits per heavy atom. The molecule has 0 N–H and O–H groups in total. The van der Waals surface area contributed by atoms with Crippen LogP contribution >= 0.6 is 11.6 Å². The molecule has 0 bridgehead atoms. The van der Waals surface area contributed by atoms with E-state index in [0.29, 0.717) is 12.4 Å². The highest BCUT2D eigenvalue weighted by Crippen LogP contribution is 2.33. The molecular formula is C14H20ClNO3. The summed E-state index contributed by atoms with van der Waals surface area (Å²) in [6, 6.07) is 4.99. The standard InChI is InChI=1S/C14H20ClNO3/c1-4-8-19-14-9-11(10(3)12(15)5-2)6-7-13(14)16(17)18/h6-7,9-10,12H,4-5,8H2,1-3H3. The van der Waals surface area contributed by atoms with Crippen LogP contribution in [0.3, 0.4) is 0 Å². The smallest absolute Gasteiger partial charge is 0.310 e. The third-order valence-corrected chi connectivity index (χ3v) is 3.79. The van der Waals surface area contributed by atoms with Gasteiger partial charge < -0.3 is 4.74 Å². The molecule has 0 saturated heterocycles. The average Bonchev–Trinajstić information content (AvgIpc) is 2.42. The molecule has 0 heterocycles. The lowest BCUT2D eigenvalue weighted by Crippen LogP contribution is -2.09. The molecule has 2 unspecified atom stereocenters. The molecule has 4 nitrogen and oxygen atoms in total. The van der Waals surface area contributed by atoms with Crippen LogP contribution in [0, 0.1) is 10.1 Å². The van der Waals surface area contributed by atoms with Crippen molar-refractivity contribution in [2.75, 3.05) is 6.61 Å². The van der Waals surface area contributed by atoms with Gasteiger partial charge in [0, 0.05) is 11.4 Å². The van der Waals surface area contributed by atoms with Crippen LogP contribution in [0.2, 0.25) is 0 Å². The molecule has 1 rings (SSSR count). The first-order chi connectivity index (χ1) is 9.01. The van der Waals surface area contributed by atoms with Crippen molar-refractivity contribution in [2.45, 2.75) is 44.9 Å². The first-order valence-electron chi connectivity index (χ1n) is 6.56. The van der Waals surface area contributed by atoms with Crippen LogP contribution in [0.4, 0.5) is 5.69 Å². The summed E-state index contributed by atoms with van der Waals surface area (Å²) >= 11 is 6.23. The molecule has 1 aromatic carbocycles. The van der Waals surface area contributed by atoms with Gasteiger partial charge >= 0.3 is 5.69 Å². The van der Waals surface area contributed by atoms with E-state index in [9.17, 15) is 10.1 Å². The molecule has 0 aliphatic heterocycles. The van der Waals surface area contributed by atoms with Crippen molar-refractivity contribution in [1.82, 2.24) is 0 Å². The number of alkyl halides is 1. The Hall–Kier alpha value is -1.29. The SMILES string of the molecule is CCCOc1cc(C(C)C(Cl)CC)ccc1[N+](=O)[O-]. The summed E-state index contributed by atoms with van der Waals surface area (Å²) in [5.41, 5.74) is 0.977. The molecular weight excluding hydrogens is 266 g/mol. The van der Waals surface area contributed by atoms with E-state index in [2.05, 4.69) is 0 Å². The highest BCUT2D eigenvalue weighted by molar-refractivity contribution is 6.21. The maximum Gasteiger partial charge on any atom is 0.310 e. The van der Waals surface area contributed by atoms with Gasteiger partial charge in [-0.1, -0.05) is 26.8 Å². The van der Waals surface area contributed by atoms with E-state index < -0.39 is 4.92 Å². The Balaban J connectivity index is 3.06. The Bertz CT molecular complexity index is 437. The van der Waals surface area contributed by atoms with Crippen LogP contribution in [0.5, 0.6) is 5.75 Å². The zero-order valence-corrected chi connectivity index (χ0v) is 12.3. The predicted molar refractivity (Wildman–Crippen MR) is 77.2 cm³/mol. The molecule has 0 aliphatic carbocycles. The fourth-order valence-corrected chi connectivity index (χ4v) is 2.00. The molecule has 0 aliphatic rings. The van der Waals surface area contributed by atoms with Crippen molar-refractivity contribution in [3.05, 3.63) is 33.9 Å². The minimum Gasteiger partial charge on any atom is -0.487 e. The van der Waals surface area contributed by atoms with Crippen molar-refractivity contribution >= 4 is 17.3 Å². The van der Waals surface area contributed by atoms with Gasteiger partial charge in [-0.3, -0.25) is 10.1 Å². The number of ether oxygens (including phenoxy) is 1. The second-order valence-corrected chi connectivity index (χ2v) is 5.11. The molecule has 1 aromatic rings. The molecule has 0 spiro atoms. The molecule has 2 atom stereocenters. The summed E-state index contributed by atoms with van der Waals surface area (Å²) in [5.74, 6) is 0.465. The molecule has 0 saturated carbocycles. The van der Waals surface area contributed by atoms with Gasteiger partial charge in [-0.25, -0.2) is 0 Å². The minimum atomic E-state index is -0.419. The topological polar surface area (TPSA) is 52.4 Å². The van der Waals surface area contributed by atoms with Gasteiger partial charge in [0.15, 0.2) is 5.75 Å². The largest absolute Gasteiger partial charge is 0.487 e. The van der Waals surface area contributed by atoms with Gasteiger partial charge in [0.25, 0.3) is 0 Å². The molecule has 5 heteroatoms. The van der Waals surface area contributed by atoms with E-state index >= 15 is 0 Å². The number of halogens is 1. The molecule has 0 amide bonds. The lowest BCUT2D eigenvalue weighted by atomic mass is 9.95. The van der Waals surface area contributed by atoms with Gasteiger partial charge in [-0.05, 0) is 30.4 Å². The van der Waals surface area contributed by atoms with Crippen molar-refractivity contribution in [1.29, 1.82) is 0 Å². The van der Waals surface area contributed by atoms with Gasteiger partial charge in [0.1, 0.15) is 0 Å². The van der Waals surface area contributed by atoms with E-state index in [1.54, 1.807) is 12.1 Å². The van der Waals surface area contributed by atoms with Crippen LogP contribution < -0.4 is 4.74 Å². The Labute approximate surface area is 118 Å². The quantitative estimate of drug-likeness (QED) is 0.421. The van der Waals surface area contributed by atoms with E-state index in [1.807, 2.05) is 20.8 Å². The second kappa shape index (κ2) is 7.34. The van der Waals surface area contributed by atoms with Crippen molar-refractivity contribution in [2.24, 2.45) is 0 Å². The van der Waals surface area contributed by atoms with Crippen molar-refractivity contribution in [3.8, 4) is 5.75 Å². The number of nitro groups is 1.